The zero-order valence-electron chi connectivity index (χ0n) is 19.7. The number of methoxy groups -OCH3 is 1. The van der Waals surface area contributed by atoms with E-state index in [1.807, 2.05) is 13.8 Å². The molecule has 6 nitrogen and oxygen atoms in total. The number of hydrogen-bond donors (Lipinski definition) is 1. The quantitative estimate of drug-likeness (QED) is 0.487. The van der Waals surface area contributed by atoms with Gasteiger partial charge in [-0.15, -0.1) is 11.6 Å². The van der Waals surface area contributed by atoms with E-state index in [0.717, 1.165) is 0 Å². The van der Waals surface area contributed by atoms with Gasteiger partial charge in [0.2, 0.25) is 5.60 Å². The Morgan fingerprint density at radius 3 is 2.55 bits per heavy atom. The monoisotopic (exact) mass is 482 g/mol. The van der Waals surface area contributed by atoms with Gasteiger partial charge in [-0.25, -0.2) is 9.18 Å². The molecule has 3 saturated carbocycles. The fourth-order valence-electron chi connectivity index (χ4n) is 7.62. The second-order valence-corrected chi connectivity index (χ2v) is 11.2. The first-order valence-corrected chi connectivity index (χ1v) is 12.0. The number of esters is 2. The SMILES string of the molecule is CCC(=O)O[C@]1(C(=O)OC)[C@H](C)C[C@H]2[C@@H]3C[C@H](F)C4=CC(=O)C=C[C@]4(C)[C@@]3(Cl)[C@@H](O)C[C@@]21C. The molecule has 0 saturated heterocycles. The summed E-state index contributed by atoms with van der Waals surface area (Å²) in [6, 6.07) is 0. The van der Waals surface area contributed by atoms with Crippen LogP contribution < -0.4 is 0 Å². The van der Waals surface area contributed by atoms with Gasteiger partial charge in [-0.1, -0.05) is 33.8 Å². The third kappa shape index (κ3) is 2.84. The number of aliphatic hydroxyl groups excluding tert-OH is 1. The van der Waals surface area contributed by atoms with E-state index in [9.17, 15) is 19.5 Å². The number of fused-ring (bicyclic) bond motifs is 5. The highest BCUT2D eigenvalue weighted by Gasteiger charge is 2.77. The zero-order valence-corrected chi connectivity index (χ0v) is 20.4. The fourth-order valence-corrected chi connectivity index (χ4v) is 8.11. The van der Waals surface area contributed by atoms with Gasteiger partial charge in [0.1, 0.15) is 6.17 Å². The number of allylic oxidation sites excluding steroid dienone is 4. The maximum atomic E-state index is 15.6. The van der Waals surface area contributed by atoms with Crippen molar-refractivity contribution in [3.63, 3.8) is 0 Å². The second-order valence-electron chi connectivity index (χ2n) is 10.6. The van der Waals surface area contributed by atoms with Crippen LogP contribution in [0.15, 0.2) is 23.8 Å². The number of hydrogen-bond acceptors (Lipinski definition) is 6. The van der Waals surface area contributed by atoms with Crippen LogP contribution in [-0.4, -0.2) is 52.7 Å². The van der Waals surface area contributed by atoms with E-state index < -0.39 is 57.4 Å². The molecule has 8 heteroatoms. The summed E-state index contributed by atoms with van der Waals surface area (Å²) in [7, 11) is 1.25. The number of halogens is 2. The lowest BCUT2D eigenvalue weighted by atomic mass is 9.45. The summed E-state index contributed by atoms with van der Waals surface area (Å²) in [6.45, 7) is 7.06. The Labute approximate surface area is 198 Å². The lowest BCUT2D eigenvalue weighted by Crippen LogP contribution is -2.70. The molecule has 0 aromatic heterocycles. The number of carbonyl (C=O) groups is 3. The Hall–Kier alpha value is -1.73. The number of aliphatic hydroxyl groups is 1. The van der Waals surface area contributed by atoms with Crippen LogP contribution in [0.1, 0.15) is 53.4 Å². The molecule has 0 aromatic rings. The van der Waals surface area contributed by atoms with Gasteiger partial charge >= 0.3 is 11.9 Å². The van der Waals surface area contributed by atoms with Crippen molar-refractivity contribution >= 4 is 29.3 Å². The molecule has 0 aliphatic heterocycles. The third-order valence-corrected chi connectivity index (χ3v) is 10.1. The minimum absolute atomic E-state index is 0.00898. The van der Waals surface area contributed by atoms with E-state index in [0.29, 0.717) is 6.42 Å². The normalized spacial score (nSPS) is 48.3. The van der Waals surface area contributed by atoms with Crippen LogP contribution in [0.25, 0.3) is 0 Å². The molecule has 0 spiro atoms. The molecule has 0 radical (unpaired) electrons. The van der Waals surface area contributed by atoms with Crippen LogP contribution >= 0.6 is 11.6 Å². The topological polar surface area (TPSA) is 89.9 Å². The smallest absolute Gasteiger partial charge is 0.351 e. The molecule has 0 bridgehead atoms. The lowest BCUT2D eigenvalue weighted by Gasteiger charge is -2.64. The van der Waals surface area contributed by atoms with Gasteiger partial charge < -0.3 is 14.6 Å². The van der Waals surface area contributed by atoms with Gasteiger partial charge in [0.15, 0.2) is 5.78 Å². The van der Waals surface area contributed by atoms with Crippen LogP contribution in [0.4, 0.5) is 4.39 Å². The molecular formula is C25H32ClFO6. The van der Waals surface area contributed by atoms with Crippen molar-refractivity contribution in [3.05, 3.63) is 23.8 Å². The van der Waals surface area contributed by atoms with Gasteiger partial charge in [-0.2, -0.15) is 0 Å². The van der Waals surface area contributed by atoms with Crippen molar-refractivity contribution < 1.29 is 33.4 Å². The van der Waals surface area contributed by atoms with Crippen LogP contribution in [-0.2, 0) is 23.9 Å². The van der Waals surface area contributed by atoms with E-state index in [-0.39, 0.29) is 36.5 Å². The molecule has 3 fully saturated rings. The maximum Gasteiger partial charge on any atom is 0.351 e. The van der Waals surface area contributed by atoms with Gasteiger partial charge in [0.05, 0.1) is 18.1 Å². The lowest BCUT2D eigenvalue weighted by molar-refractivity contribution is -0.215. The number of alkyl halides is 2. The van der Waals surface area contributed by atoms with Gasteiger partial charge in [-0.3, -0.25) is 9.59 Å². The average Bonchev–Trinajstić information content (AvgIpc) is 2.98. The van der Waals surface area contributed by atoms with Gasteiger partial charge in [0.25, 0.3) is 0 Å². The van der Waals surface area contributed by atoms with E-state index in [1.54, 1.807) is 19.9 Å². The van der Waals surface area contributed by atoms with E-state index in [4.69, 9.17) is 21.1 Å². The highest BCUT2D eigenvalue weighted by atomic mass is 35.5. The Balaban J connectivity index is 1.88. The molecule has 0 aromatic carbocycles. The highest BCUT2D eigenvalue weighted by Crippen LogP contribution is 2.72. The summed E-state index contributed by atoms with van der Waals surface area (Å²) < 4.78 is 26.6. The Morgan fingerprint density at radius 1 is 1.27 bits per heavy atom. The summed E-state index contributed by atoms with van der Waals surface area (Å²) in [5.41, 5.74) is -3.42. The third-order valence-electron chi connectivity index (χ3n) is 9.22. The number of ketones is 1. The molecule has 4 aliphatic rings. The molecule has 9 atom stereocenters. The van der Waals surface area contributed by atoms with Crippen LogP contribution in [0.5, 0.6) is 0 Å². The van der Waals surface area contributed by atoms with Crippen LogP contribution in [0.2, 0.25) is 0 Å². The Bertz CT molecular complexity index is 963. The Kier molecular flexibility index (Phi) is 5.65. The fraction of sp³-hybridized carbons (Fsp3) is 0.720. The molecular weight excluding hydrogens is 451 g/mol. The van der Waals surface area contributed by atoms with E-state index in [1.165, 1.54) is 19.3 Å². The molecule has 0 heterocycles. The van der Waals surface area contributed by atoms with Crippen molar-refractivity contribution in [1.29, 1.82) is 0 Å². The van der Waals surface area contributed by atoms with Gasteiger partial charge in [0, 0.05) is 23.2 Å². The minimum Gasteiger partial charge on any atom is -0.466 e. The predicted molar refractivity (Wildman–Crippen MR) is 119 cm³/mol. The summed E-state index contributed by atoms with van der Waals surface area (Å²) in [5, 5.41) is 11.6. The van der Waals surface area contributed by atoms with E-state index >= 15 is 4.39 Å². The zero-order chi connectivity index (χ0) is 24.6. The molecule has 4 aliphatic carbocycles. The maximum absolute atomic E-state index is 15.6. The average molecular weight is 483 g/mol. The van der Waals surface area contributed by atoms with Crippen molar-refractivity contribution in [2.75, 3.05) is 7.11 Å². The number of ether oxygens (including phenoxy) is 2. The summed E-state index contributed by atoms with van der Waals surface area (Å²) in [6.07, 6.45) is 2.33. The minimum atomic E-state index is -1.61. The first-order valence-electron chi connectivity index (χ1n) is 11.6. The molecule has 1 N–H and O–H groups in total. The summed E-state index contributed by atoms with van der Waals surface area (Å²) in [5.74, 6) is -2.78. The number of rotatable bonds is 3. The predicted octanol–water partition coefficient (Wildman–Crippen LogP) is 3.69. The first-order chi connectivity index (χ1) is 15.3. The van der Waals surface area contributed by atoms with Crippen LogP contribution in [0, 0.1) is 28.6 Å². The molecule has 33 heavy (non-hydrogen) atoms. The van der Waals surface area contributed by atoms with Gasteiger partial charge in [-0.05, 0) is 48.8 Å². The molecule has 4 rings (SSSR count). The second kappa shape index (κ2) is 7.64. The summed E-state index contributed by atoms with van der Waals surface area (Å²) >= 11 is 7.33. The van der Waals surface area contributed by atoms with Crippen molar-refractivity contribution in [2.45, 2.75) is 76.1 Å². The largest absolute Gasteiger partial charge is 0.466 e. The molecule has 0 unspecified atom stereocenters. The standard InChI is InChI=1S/C25H32ClFO6/c1-6-20(30)33-25(21(31)32-5)13(2)9-15-16-11-18(27)17-10-14(28)7-8-22(17,3)24(16,26)19(29)12-23(15,25)4/h7-8,10,13,15-16,18-19,29H,6,9,11-12H2,1-5H3/t13-,15+,16+,18+,19+,22+,23+,24+,25+/m1/s1. The number of carbonyl (C=O) groups excluding carboxylic acids is 3. The first kappa shape index (κ1) is 24.4. The highest BCUT2D eigenvalue weighted by molar-refractivity contribution is 6.26. The Morgan fingerprint density at radius 2 is 1.94 bits per heavy atom. The van der Waals surface area contributed by atoms with Crippen molar-refractivity contribution in [2.24, 2.45) is 28.6 Å². The van der Waals surface area contributed by atoms with Crippen LogP contribution in [0.3, 0.4) is 0 Å². The van der Waals surface area contributed by atoms with Crippen molar-refractivity contribution in [3.8, 4) is 0 Å². The van der Waals surface area contributed by atoms with E-state index in [2.05, 4.69) is 0 Å². The molecule has 0 amide bonds. The van der Waals surface area contributed by atoms with Crippen molar-refractivity contribution in [1.82, 2.24) is 0 Å². The molecule has 182 valence electrons. The summed E-state index contributed by atoms with van der Waals surface area (Å²) in [4.78, 5) is 36.5.